The van der Waals surface area contributed by atoms with E-state index in [0.29, 0.717) is 12.1 Å². The van der Waals surface area contributed by atoms with Crippen LogP contribution < -0.4 is 10.6 Å². The maximum Gasteiger partial charge on any atom is 0.238 e. The summed E-state index contributed by atoms with van der Waals surface area (Å²) in [5, 5.41) is 5.78. The molecule has 0 aliphatic rings. The Balaban J connectivity index is 1.55. The van der Waals surface area contributed by atoms with Crippen molar-refractivity contribution >= 4 is 17.5 Å². The molecule has 3 aromatic rings. The summed E-state index contributed by atoms with van der Waals surface area (Å²) >= 11 is 0. The second-order valence-corrected chi connectivity index (χ2v) is 7.45. The van der Waals surface area contributed by atoms with Crippen molar-refractivity contribution in [3.63, 3.8) is 0 Å². The Morgan fingerprint density at radius 2 is 1.42 bits per heavy atom. The number of hydrogen-bond acceptors (Lipinski definition) is 3. The molecule has 0 saturated heterocycles. The van der Waals surface area contributed by atoms with Gasteiger partial charge in [-0.05, 0) is 48.9 Å². The number of halogens is 1. The number of likely N-dealkylation sites (N-methyl/N-ethyl adjacent to an activating group) is 1. The van der Waals surface area contributed by atoms with Crippen LogP contribution in [0.1, 0.15) is 17.2 Å². The molecule has 0 radical (unpaired) electrons. The molecule has 0 saturated carbocycles. The Bertz CT molecular complexity index is 979. The van der Waals surface area contributed by atoms with Gasteiger partial charge in [-0.1, -0.05) is 60.7 Å². The van der Waals surface area contributed by atoms with Crippen LogP contribution in [-0.2, 0) is 16.0 Å². The molecule has 2 N–H and O–H groups in total. The monoisotopic (exact) mass is 419 g/mol. The largest absolute Gasteiger partial charge is 0.348 e. The highest BCUT2D eigenvalue weighted by Gasteiger charge is 2.17. The minimum absolute atomic E-state index is 0.0412. The Morgan fingerprint density at radius 1 is 0.839 bits per heavy atom. The molecule has 160 valence electrons. The number of anilines is 1. The van der Waals surface area contributed by atoms with E-state index in [1.807, 2.05) is 60.7 Å². The minimum Gasteiger partial charge on any atom is -0.348 e. The number of carbonyl (C=O) groups is 2. The lowest BCUT2D eigenvalue weighted by molar-refractivity contribution is -0.123. The van der Waals surface area contributed by atoms with Crippen LogP contribution in [-0.4, -0.2) is 36.9 Å². The van der Waals surface area contributed by atoms with Crippen LogP contribution in [0.4, 0.5) is 10.1 Å². The maximum absolute atomic E-state index is 13.0. The molecule has 0 fully saturated rings. The van der Waals surface area contributed by atoms with Crippen molar-refractivity contribution in [3.8, 4) is 0 Å². The predicted molar refractivity (Wildman–Crippen MR) is 120 cm³/mol. The molecule has 5 nitrogen and oxygen atoms in total. The quantitative estimate of drug-likeness (QED) is 0.555. The van der Waals surface area contributed by atoms with Crippen LogP contribution in [0, 0.1) is 5.82 Å². The predicted octanol–water partition coefficient (Wildman–Crippen LogP) is 3.80. The van der Waals surface area contributed by atoms with Gasteiger partial charge in [-0.15, -0.1) is 0 Å². The van der Waals surface area contributed by atoms with E-state index in [-0.39, 0.29) is 36.8 Å². The number of amides is 2. The average molecular weight is 420 g/mol. The zero-order chi connectivity index (χ0) is 22.1. The second kappa shape index (κ2) is 11.0. The summed E-state index contributed by atoms with van der Waals surface area (Å²) in [7, 11) is 1.71. The number of nitrogens with zero attached hydrogens (tertiary/aromatic N) is 1. The third-order valence-corrected chi connectivity index (χ3v) is 4.77. The van der Waals surface area contributed by atoms with Crippen LogP contribution >= 0.6 is 0 Å². The first-order valence-corrected chi connectivity index (χ1v) is 10.1. The van der Waals surface area contributed by atoms with Gasteiger partial charge in [-0.3, -0.25) is 14.5 Å². The van der Waals surface area contributed by atoms with Crippen molar-refractivity contribution < 1.29 is 14.0 Å². The van der Waals surface area contributed by atoms with Crippen LogP contribution in [0.5, 0.6) is 0 Å². The summed E-state index contributed by atoms with van der Waals surface area (Å²) < 4.78 is 13.0. The smallest absolute Gasteiger partial charge is 0.238 e. The van der Waals surface area contributed by atoms with Crippen LogP contribution in [0.2, 0.25) is 0 Å². The molecule has 0 spiro atoms. The Hall–Kier alpha value is -3.51. The minimum atomic E-state index is -0.365. The number of hydrogen-bond donors (Lipinski definition) is 2. The summed E-state index contributed by atoms with van der Waals surface area (Å²) in [5.41, 5.74) is 2.66. The first-order valence-electron chi connectivity index (χ1n) is 10.1. The maximum atomic E-state index is 13.0. The average Bonchev–Trinajstić information content (AvgIpc) is 2.76. The molecule has 0 heterocycles. The molecule has 3 rings (SSSR count). The number of nitrogens with one attached hydrogen (secondary N) is 2. The number of carbonyl (C=O) groups excluding carboxylic acids is 2. The SMILES string of the molecule is CN(CC(=O)Nc1ccc(F)cc1)CC(=O)N[C@H](Cc1ccccc1)c1ccccc1. The Labute approximate surface area is 181 Å². The lowest BCUT2D eigenvalue weighted by atomic mass is 9.99. The number of benzene rings is 3. The van der Waals surface area contributed by atoms with Gasteiger partial charge in [0.05, 0.1) is 19.1 Å². The Kier molecular flexibility index (Phi) is 7.90. The van der Waals surface area contributed by atoms with Crippen molar-refractivity contribution in [1.82, 2.24) is 10.2 Å². The fourth-order valence-corrected chi connectivity index (χ4v) is 3.31. The molecule has 0 aromatic heterocycles. The molecule has 2 amide bonds. The summed E-state index contributed by atoms with van der Waals surface area (Å²) in [6.45, 7) is 0.119. The molecular weight excluding hydrogens is 393 g/mol. The van der Waals surface area contributed by atoms with E-state index in [9.17, 15) is 14.0 Å². The highest BCUT2D eigenvalue weighted by atomic mass is 19.1. The molecule has 31 heavy (non-hydrogen) atoms. The van der Waals surface area contributed by atoms with Gasteiger partial charge in [0.25, 0.3) is 0 Å². The molecule has 0 bridgehead atoms. The topological polar surface area (TPSA) is 61.4 Å². The molecular formula is C25H26FN3O2. The van der Waals surface area contributed by atoms with E-state index in [1.165, 1.54) is 24.3 Å². The highest BCUT2D eigenvalue weighted by molar-refractivity contribution is 5.92. The standard InChI is InChI=1S/C25H26FN3O2/c1-29(17-24(30)27-22-14-12-21(26)13-15-22)18-25(31)28-23(20-10-6-3-7-11-20)16-19-8-4-2-5-9-19/h2-15,23H,16-18H2,1H3,(H,27,30)(H,28,31)/t23-/m1/s1. The molecule has 0 aliphatic carbocycles. The highest BCUT2D eigenvalue weighted by Crippen LogP contribution is 2.18. The second-order valence-electron chi connectivity index (χ2n) is 7.45. The molecule has 0 unspecified atom stereocenters. The molecule has 3 aromatic carbocycles. The zero-order valence-electron chi connectivity index (χ0n) is 17.4. The molecule has 1 atom stereocenters. The summed E-state index contributed by atoms with van der Waals surface area (Å²) in [6, 6.07) is 25.2. The van der Waals surface area contributed by atoms with Crippen molar-refractivity contribution in [1.29, 1.82) is 0 Å². The van der Waals surface area contributed by atoms with Gasteiger partial charge in [0.2, 0.25) is 11.8 Å². The fourth-order valence-electron chi connectivity index (χ4n) is 3.31. The molecule has 6 heteroatoms. The normalized spacial score (nSPS) is 11.7. The van der Waals surface area contributed by atoms with Gasteiger partial charge in [-0.25, -0.2) is 4.39 Å². The van der Waals surface area contributed by atoms with E-state index in [0.717, 1.165) is 11.1 Å². The first kappa shape index (κ1) is 22.2. The van der Waals surface area contributed by atoms with E-state index < -0.39 is 0 Å². The van der Waals surface area contributed by atoms with Gasteiger partial charge in [0, 0.05) is 5.69 Å². The zero-order valence-corrected chi connectivity index (χ0v) is 17.4. The van der Waals surface area contributed by atoms with Gasteiger partial charge >= 0.3 is 0 Å². The van der Waals surface area contributed by atoms with E-state index in [1.54, 1.807) is 11.9 Å². The van der Waals surface area contributed by atoms with Crippen LogP contribution in [0.15, 0.2) is 84.9 Å². The van der Waals surface area contributed by atoms with Crippen molar-refractivity contribution in [2.45, 2.75) is 12.5 Å². The Morgan fingerprint density at radius 3 is 2.06 bits per heavy atom. The fraction of sp³-hybridized carbons (Fsp3) is 0.200. The summed E-state index contributed by atoms with van der Waals surface area (Å²) in [4.78, 5) is 26.5. The third kappa shape index (κ3) is 7.35. The van der Waals surface area contributed by atoms with Gasteiger partial charge in [0.15, 0.2) is 0 Å². The van der Waals surface area contributed by atoms with Gasteiger partial charge < -0.3 is 10.6 Å². The van der Waals surface area contributed by atoms with Crippen LogP contribution in [0.3, 0.4) is 0 Å². The van der Waals surface area contributed by atoms with Gasteiger partial charge in [0.1, 0.15) is 5.82 Å². The van der Waals surface area contributed by atoms with Crippen molar-refractivity contribution in [3.05, 3.63) is 102 Å². The van der Waals surface area contributed by atoms with E-state index >= 15 is 0 Å². The van der Waals surface area contributed by atoms with Crippen molar-refractivity contribution in [2.75, 3.05) is 25.5 Å². The van der Waals surface area contributed by atoms with Crippen molar-refractivity contribution in [2.24, 2.45) is 0 Å². The molecule has 0 aliphatic heterocycles. The lowest BCUT2D eigenvalue weighted by Crippen LogP contribution is -2.40. The van der Waals surface area contributed by atoms with Crippen LogP contribution in [0.25, 0.3) is 0 Å². The first-order chi connectivity index (χ1) is 15.0. The van der Waals surface area contributed by atoms with Gasteiger partial charge in [-0.2, -0.15) is 0 Å². The summed E-state index contributed by atoms with van der Waals surface area (Å²) in [5.74, 6) is -0.803. The van der Waals surface area contributed by atoms with E-state index in [4.69, 9.17) is 0 Å². The summed E-state index contributed by atoms with van der Waals surface area (Å²) in [6.07, 6.45) is 0.672. The van der Waals surface area contributed by atoms with E-state index in [2.05, 4.69) is 10.6 Å². The number of rotatable bonds is 9. The lowest BCUT2D eigenvalue weighted by Gasteiger charge is -2.22. The third-order valence-electron chi connectivity index (χ3n) is 4.77.